The summed E-state index contributed by atoms with van der Waals surface area (Å²) < 4.78 is 27.5. The van der Waals surface area contributed by atoms with Crippen molar-refractivity contribution in [3.8, 4) is 0 Å². The first kappa shape index (κ1) is 14.0. The fourth-order valence-electron chi connectivity index (χ4n) is 1.44. The van der Waals surface area contributed by atoms with Crippen molar-refractivity contribution < 1.29 is 8.42 Å². The van der Waals surface area contributed by atoms with E-state index in [-0.39, 0.29) is 11.2 Å². The predicted molar refractivity (Wildman–Crippen MR) is 67.9 cm³/mol. The highest BCUT2D eigenvalue weighted by Crippen LogP contribution is 2.15. The highest BCUT2D eigenvalue weighted by molar-refractivity contribution is 7.89. The number of aromatic nitrogens is 2. The summed E-state index contributed by atoms with van der Waals surface area (Å²) in [7, 11) is -3.22. The first-order valence-corrected chi connectivity index (χ1v) is 7.08. The van der Waals surface area contributed by atoms with Gasteiger partial charge in [0.2, 0.25) is 10.0 Å². The Balaban J connectivity index is 2.41. The number of rotatable bonds is 5. The molecule has 0 bridgehead atoms. The van der Waals surface area contributed by atoms with Gasteiger partial charge < -0.3 is 5.73 Å². The molecule has 0 unspecified atom stereocenters. The molecule has 1 rings (SSSR count). The summed E-state index contributed by atoms with van der Waals surface area (Å²) >= 11 is 0. The van der Waals surface area contributed by atoms with E-state index in [1.165, 1.54) is 6.20 Å². The van der Waals surface area contributed by atoms with E-state index in [0.717, 1.165) is 0 Å². The van der Waals surface area contributed by atoms with E-state index in [1.807, 2.05) is 20.8 Å². The summed E-state index contributed by atoms with van der Waals surface area (Å²) in [6, 6.07) is 0. The smallest absolute Gasteiger partial charge is 0.212 e. The van der Waals surface area contributed by atoms with Crippen LogP contribution in [0.5, 0.6) is 0 Å². The number of hydrogen-bond donors (Lipinski definition) is 2. The Labute approximate surface area is 102 Å². The molecular weight excluding hydrogens is 240 g/mol. The maximum absolute atomic E-state index is 11.7. The van der Waals surface area contributed by atoms with E-state index >= 15 is 0 Å². The third kappa shape index (κ3) is 5.69. The van der Waals surface area contributed by atoms with Gasteiger partial charge in [-0.05, 0) is 5.41 Å². The van der Waals surface area contributed by atoms with Crippen LogP contribution in [0.4, 0.5) is 5.69 Å². The second-order valence-corrected chi connectivity index (χ2v) is 7.06. The van der Waals surface area contributed by atoms with Gasteiger partial charge >= 0.3 is 0 Å². The molecule has 0 aromatic carbocycles. The van der Waals surface area contributed by atoms with Gasteiger partial charge in [-0.15, -0.1) is 0 Å². The van der Waals surface area contributed by atoms with E-state index in [9.17, 15) is 8.42 Å². The SMILES string of the molecule is CC(C)(C)CS(=O)(=O)NCCn1cc(N)cn1. The summed E-state index contributed by atoms with van der Waals surface area (Å²) in [6.07, 6.45) is 3.20. The van der Waals surface area contributed by atoms with E-state index < -0.39 is 10.0 Å². The van der Waals surface area contributed by atoms with Gasteiger partial charge in [0, 0.05) is 12.7 Å². The molecule has 7 heteroatoms. The van der Waals surface area contributed by atoms with Gasteiger partial charge in [0.1, 0.15) is 0 Å². The van der Waals surface area contributed by atoms with Crippen LogP contribution in [0, 0.1) is 5.41 Å². The molecule has 0 aliphatic rings. The van der Waals surface area contributed by atoms with Crippen molar-refractivity contribution in [2.75, 3.05) is 18.0 Å². The van der Waals surface area contributed by atoms with E-state index in [4.69, 9.17) is 5.73 Å². The number of nitrogens with two attached hydrogens (primary N) is 1. The summed E-state index contributed by atoms with van der Waals surface area (Å²) in [5, 5.41) is 3.97. The second-order valence-electron chi connectivity index (χ2n) is 5.25. The number of hydrogen-bond acceptors (Lipinski definition) is 4. The van der Waals surface area contributed by atoms with Gasteiger partial charge in [-0.1, -0.05) is 20.8 Å². The van der Waals surface area contributed by atoms with Gasteiger partial charge in [0.05, 0.1) is 24.2 Å². The molecule has 17 heavy (non-hydrogen) atoms. The monoisotopic (exact) mass is 260 g/mol. The number of nitrogens with one attached hydrogen (secondary N) is 1. The average molecular weight is 260 g/mol. The lowest BCUT2D eigenvalue weighted by Crippen LogP contribution is -2.34. The standard InChI is InChI=1S/C10H20N4O2S/c1-10(2,3)8-17(15,16)13-4-5-14-7-9(11)6-12-14/h6-7,13H,4-5,8,11H2,1-3H3. The average Bonchev–Trinajstić information content (AvgIpc) is 2.46. The molecular formula is C10H20N4O2S. The van der Waals surface area contributed by atoms with Crippen molar-refractivity contribution in [1.29, 1.82) is 0 Å². The van der Waals surface area contributed by atoms with Gasteiger partial charge in [-0.25, -0.2) is 13.1 Å². The van der Waals surface area contributed by atoms with E-state index in [2.05, 4.69) is 9.82 Å². The van der Waals surface area contributed by atoms with Crippen LogP contribution in [0.2, 0.25) is 0 Å². The van der Waals surface area contributed by atoms with Crippen LogP contribution >= 0.6 is 0 Å². The van der Waals surface area contributed by atoms with E-state index in [0.29, 0.717) is 18.8 Å². The van der Waals surface area contributed by atoms with E-state index in [1.54, 1.807) is 10.9 Å². The molecule has 0 aliphatic heterocycles. The zero-order valence-corrected chi connectivity index (χ0v) is 11.3. The van der Waals surface area contributed by atoms with Crippen molar-refractivity contribution in [2.24, 2.45) is 5.41 Å². The summed E-state index contributed by atoms with van der Waals surface area (Å²) in [5.74, 6) is 0.112. The van der Waals surface area contributed by atoms with Crippen molar-refractivity contribution in [3.63, 3.8) is 0 Å². The second kappa shape index (κ2) is 5.05. The van der Waals surface area contributed by atoms with Crippen LogP contribution in [0.25, 0.3) is 0 Å². The Morgan fingerprint density at radius 1 is 1.47 bits per heavy atom. The van der Waals surface area contributed by atoms with Gasteiger partial charge in [0.15, 0.2) is 0 Å². The molecule has 0 amide bonds. The zero-order chi connectivity index (χ0) is 13.1. The molecule has 98 valence electrons. The predicted octanol–water partition coefficient (Wildman–Crippen LogP) is 0.431. The molecule has 0 aliphatic carbocycles. The van der Waals surface area contributed by atoms with Crippen LogP contribution in [0.3, 0.4) is 0 Å². The maximum atomic E-state index is 11.7. The topological polar surface area (TPSA) is 90.0 Å². The Morgan fingerprint density at radius 2 is 2.12 bits per heavy atom. The van der Waals surface area contributed by atoms with Crippen LogP contribution in [-0.2, 0) is 16.6 Å². The van der Waals surface area contributed by atoms with Crippen molar-refractivity contribution in [2.45, 2.75) is 27.3 Å². The summed E-state index contributed by atoms with van der Waals surface area (Å²) in [5.41, 5.74) is 5.82. The molecule has 3 N–H and O–H groups in total. The first-order valence-electron chi connectivity index (χ1n) is 5.43. The number of nitrogen functional groups attached to an aromatic ring is 1. The molecule has 1 aromatic heterocycles. The first-order chi connectivity index (χ1) is 7.68. The van der Waals surface area contributed by atoms with Crippen molar-refractivity contribution >= 4 is 15.7 Å². The fraction of sp³-hybridized carbons (Fsp3) is 0.700. The van der Waals surface area contributed by atoms with Crippen molar-refractivity contribution in [3.05, 3.63) is 12.4 Å². The number of nitrogens with zero attached hydrogens (tertiary/aromatic N) is 2. The fourth-order valence-corrected chi connectivity index (χ4v) is 3.08. The highest BCUT2D eigenvalue weighted by Gasteiger charge is 2.20. The maximum Gasteiger partial charge on any atom is 0.212 e. The summed E-state index contributed by atoms with van der Waals surface area (Å²) in [4.78, 5) is 0. The minimum atomic E-state index is -3.22. The molecule has 0 spiro atoms. The molecule has 0 saturated carbocycles. The highest BCUT2D eigenvalue weighted by atomic mass is 32.2. The summed E-state index contributed by atoms with van der Waals surface area (Å²) in [6.45, 7) is 6.46. The largest absolute Gasteiger partial charge is 0.396 e. The molecule has 6 nitrogen and oxygen atoms in total. The molecule has 0 saturated heterocycles. The minimum absolute atomic E-state index is 0.112. The van der Waals surface area contributed by atoms with Crippen LogP contribution in [0.15, 0.2) is 12.4 Å². The Kier molecular flexibility index (Phi) is 4.16. The van der Waals surface area contributed by atoms with Gasteiger partial charge in [-0.3, -0.25) is 4.68 Å². The zero-order valence-electron chi connectivity index (χ0n) is 10.5. The minimum Gasteiger partial charge on any atom is -0.396 e. The quantitative estimate of drug-likeness (QED) is 0.803. The van der Waals surface area contributed by atoms with Crippen molar-refractivity contribution in [1.82, 2.24) is 14.5 Å². The Bertz CT molecular complexity index is 459. The van der Waals surface area contributed by atoms with Crippen LogP contribution in [-0.4, -0.2) is 30.5 Å². The van der Waals surface area contributed by atoms with Gasteiger partial charge in [0.25, 0.3) is 0 Å². The number of sulfonamides is 1. The third-order valence-corrected chi connectivity index (χ3v) is 3.83. The third-order valence-electron chi connectivity index (χ3n) is 1.94. The lowest BCUT2D eigenvalue weighted by atomic mass is 10.0. The molecule has 1 heterocycles. The van der Waals surface area contributed by atoms with Crippen LogP contribution in [0.1, 0.15) is 20.8 Å². The lowest BCUT2D eigenvalue weighted by molar-refractivity contribution is 0.456. The lowest BCUT2D eigenvalue weighted by Gasteiger charge is -2.18. The number of anilines is 1. The molecule has 0 radical (unpaired) electrons. The normalized spacial score (nSPS) is 12.9. The van der Waals surface area contributed by atoms with Crippen LogP contribution < -0.4 is 10.5 Å². The molecule has 0 fully saturated rings. The molecule has 0 atom stereocenters. The Hall–Kier alpha value is -1.08. The Morgan fingerprint density at radius 3 is 2.59 bits per heavy atom. The van der Waals surface area contributed by atoms with Gasteiger partial charge in [-0.2, -0.15) is 5.10 Å². The molecule has 1 aromatic rings.